The summed E-state index contributed by atoms with van der Waals surface area (Å²) in [4.78, 5) is 26.6. The van der Waals surface area contributed by atoms with Gasteiger partial charge in [-0.3, -0.25) is 9.59 Å². The molecular formula is C26H28N2O4S. The predicted octanol–water partition coefficient (Wildman–Crippen LogP) is 4.73. The highest BCUT2D eigenvalue weighted by molar-refractivity contribution is 7.10. The summed E-state index contributed by atoms with van der Waals surface area (Å²) in [6.07, 6.45) is 1.67. The lowest BCUT2D eigenvalue weighted by Gasteiger charge is -2.17. The van der Waals surface area contributed by atoms with Crippen molar-refractivity contribution in [1.29, 1.82) is 0 Å². The van der Waals surface area contributed by atoms with Crippen LogP contribution in [0.3, 0.4) is 0 Å². The van der Waals surface area contributed by atoms with Gasteiger partial charge < -0.3 is 20.1 Å². The minimum Gasteiger partial charge on any atom is -0.497 e. The second-order valence-electron chi connectivity index (χ2n) is 7.69. The minimum absolute atomic E-state index is 0.163. The van der Waals surface area contributed by atoms with E-state index in [0.29, 0.717) is 17.9 Å². The highest BCUT2D eigenvalue weighted by atomic mass is 32.1. The van der Waals surface area contributed by atoms with Crippen molar-refractivity contribution in [2.75, 3.05) is 13.7 Å². The number of hydrogen-bond acceptors (Lipinski definition) is 5. The average Bonchev–Trinajstić information content (AvgIpc) is 3.32. The van der Waals surface area contributed by atoms with Crippen LogP contribution in [0, 0.1) is 13.8 Å². The van der Waals surface area contributed by atoms with Crippen LogP contribution in [0.2, 0.25) is 0 Å². The second kappa shape index (κ2) is 11.3. The summed E-state index contributed by atoms with van der Waals surface area (Å²) in [7, 11) is 1.56. The van der Waals surface area contributed by atoms with Crippen LogP contribution < -0.4 is 20.1 Å². The zero-order chi connectivity index (χ0) is 23.8. The molecule has 6 nitrogen and oxygen atoms in total. The number of thiophene rings is 1. The molecule has 0 saturated heterocycles. The number of carbonyl (C=O) groups is 2. The monoisotopic (exact) mass is 464 g/mol. The largest absolute Gasteiger partial charge is 0.497 e. The van der Waals surface area contributed by atoms with Gasteiger partial charge in [-0.2, -0.15) is 0 Å². The van der Waals surface area contributed by atoms with Crippen LogP contribution in [0.25, 0.3) is 6.08 Å². The van der Waals surface area contributed by atoms with Crippen molar-refractivity contribution >= 4 is 29.2 Å². The summed E-state index contributed by atoms with van der Waals surface area (Å²) in [5.74, 6) is 0.633. The summed E-state index contributed by atoms with van der Waals surface area (Å²) < 4.78 is 11.0. The number of rotatable bonds is 9. The molecule has 3 aromatic rings. The number of carbonyl (C=O) groups excluding carboxylic acids is 2. The molecule has 0 aliphatic heterocycles. The molecule has 0 saturated carbocycles. The summed E-state index contributed by atoms with van der Waals surface area (Å²) in [5.41, 5.74) is 2.93. The Kier molecular flexibility index (Phi) is 8.27. The molecule has 33 heavy (non-hydrogen) atoms. The Bertz CT molecular complexity index is 1120. The Hall–Kier alpha value is -3.58. The van der Waals surface area contributed by atoms with Gasteiger partial charge in [-0.05, 0) is 85.8 Å². The highest BCUT2D eigenvalue weighted by Gasteiger charge is 2.17. The van der Waals surface area contributed by atoms with Crippen LogP contribution in [0.5, 0.6) is 11.5 Å². The minimum atomic E-state index is -0.388. The van der Waals surface area contributed by atoms with Gasteiger partial charge >= 0.3 is 0 Å². The van der Waals surface area contributed by atoms with Crippen molar-refractivity contribution in [3.63, 3.8) is 0 Å². The van der Waals surface area contributed by atoms with Gasteiger partial charge in [0, 0.05) is 10.4 Å². The molecule has 0 unspecified atom stereocenters. The van der Waals surface area contributed by atoms with Crippen molar-refractivity contribution in [2.45, 2.75) is 26.8 Å². The fraction of sp³-hybridized carbons (Fsp3) is 0.231. The molecule has 0 bridgehead atoms. The standard InChI is InChI=1S/C26H28N2O4S/c1-17-7-10-22(14-18(17)2)32-16-19(3)27-26(30)24(15-23-6-5-13-33-23)28-25(29)20-8-11-21(31-4)12-9-20/h5-15,19H,16H2,1-4H3,(H,27,30)(H,28,29)/b24-15-/t19-/m0/s1. The second-order valence-corrected chi connectivity index (χ2v) is 8.67. The Morgan fingerprint density at radius 3 is 2.39 bits per heavy atom. The molecule has 2 amide bonds. The maximum Gasteiger partial charge on any atom is 0.268 e. The quantitative estimate of drug-likeness (QED) is 0.449. The van der Waals surface area contributed by atoms with Crippen molar-refractivity contribution in [3.8, 4) is 11.5 Å². The van der Waals surface area contributed by atoms with E-state index in [1.807, 2.05) is 56.5 Å². The van der Waals surface area contributed by atoms with Crippen LogP contribution in [-0.4, -0.2) is 31.6 Å². The number of methoxy groups -OCH3 is 1. The van der Waals surface area contributed by atoms with Crippen LogP contribution in [0.1, 0.15) is 33.3 Å². The molecular weight excluding hydrogens is 436 g/mol. The van der Waals surface area contributed by atoms with Gasteiger partial charge in [0.2, 0.25) is 0 Å². The summed E-state index contributed by atoms with van der Waals surface area (Å²) in [6.45, 7) is 6.23. The zero-order valence-electron chi connectivity index (χ0n) is 19.2. The maximum absolute atomic E-state index is 13.0. The van der Waals surface area contributed by atoms with Crippen LogP contribution >= 0.6 is 11.3 Å². The fourth-order valence-electron chi connectivity index (χ4n) is 2.98. The van der Waals surface area contributed by atoms with E-state index in [2.05, 4.69) is 10.6 Å². The van der Waals surface area contributed by atoms with Crippen LogP contribution in [-0.2, 0) is 4.79 Å². The van der Waals surface area contributed by atoms with Crippen LogP contribution in [0.15, 0.2) is 65.7 Å². The predicted molar refractivity (Wildman–Crippen MR) is 132 cm³/mol. The number of amides is 2. The number of aryl methyl sites for hydroxylation is 2. The molecule has 1 heterocycles. The number of nitrogens with one attached hydrogen (secondary N) is 2. The van der Waals surface area contributed by atoms with E-state index in [4.69, 9.17) is 9.47 Å². The van der Waals surface area contributed by atoms with Gasteiger partial charge in [0.05, 0.1) is 13.2 Å². The van der Waals surface area contributed by atoms with E-state index in [1.165, 1.54) is 16.9 Å². The molecule has 0 radical (unpaired) electrons. The van der Waals surface area contributed by atoms with Gasteiger partial charge in [-0.25, -0.2) is 0 Å². The molecule has 2 aromatic carbocycles. The summed E-state index contributed by atoms with van der Waals surface area (Å²) in [6, 6.07) is 16.1. The Labute approximate surface area is 198 Å². The molecule has 0 fully saturated rings. The maximum atomic E-state index is 13.0. The Morgan fingerprint density at radius 1 is 1.03 bits per heavy atom. The number of hydrogen-bond donors (Lipinski definition) is 2. The molecule has 0 aliphatic carbocycles. The summed E-state index contributed by atoms with van der Waals surface area (Å²) >= 11 is 1.48. The van der Waals surface area contributed by atoms with Crippen molar-refractivity contribution in [1.82, 2.24) is 10.6 Å². The lowest BCUT2D eigenvalue weighted by atomic mass is 10.1. The third kappa shape index (κ3) is 6.95. The topological polar surface area (TPSA) is 76.7 Å². The van der Waals surface area contributed by atoms with E-state index in [1.54, 1.807) is 37.5 Å². The molecule has 0 aliphatic rings. The SMILES string of the molecule is COc1ccc(C(=O)N/C(=C\c2cccs2)C(=O)N[C@@H](C)COc2ccc(C)c(C)c2)cc1. The van der Waals surface area contributed by atoms with Crippen molar-refractivity contribution in [2.24, 2.45) is 0 Å². The number of benzene rings is 2. The average molecular weight is 465 g/mol. The summed E-state index contributed by atoms with van der Waals surface area (Å²) in [5, 5.41) is 7.55. The first-order valence-electron chi connectivity index (χ1n) is 10.6. The highest BCUT2D eigenvalue weighted by Crippen LogP contribution is 2.17. The smallest absolute Gasteiger partial charge is 0.268 e. The lowest BCUT2D eigenvalue weighted by molar-refractivity contribution is -0.118. The van der Waals surface area contributed by atoms with Crippen molar-refractivity contribution in [3.05, 3.63) is 87.2 Å². The first kappa shape index (κ1) is 24.1. The first-order chi connectivity index (χ1) is 15.9. The zero-order valence-corrected chi connectivity index (χ0v) is 20.0. The van der Waals surface area contributed by atoms with Gasteiger partial charge in [0.25, 0.3) is 11.8 Å². The fourth-order valence-corrected chi connectivity index (χ4v) is 3.64. The van der Waals surface area contributed by atoms with Gasteiger partial charge in [0.1, 0.15) is 23.8 Å². The third-order valence-electron chi connectivity index (χ3n) is 5.03. The normalized spacial score (nSPS) is 12.1. The third-order valence-corrected chi connectivity index (χ3v) is 5.85. The molecule has 1 atom stereocenters. The van der Waals surface area contributed by atoms with Gasteiger partial charge in [-0.1, -0.05) is 12.1 Å². The lowest BCUT2D eigenvalue weighted by Crippen LogP contribution is -2.41. The molecule has 3 rings (SSSR count). The molecule has 0 spiro atoms. The molecule has 7 heteroatoms. The Morgan fingerprint density at radius 2 is 1.76 bits per heavy atom. The van der Waals surface area contributed by atoms with Crippen molar-refractivity contribution < 1.29 is 19.1 Å². The van der Waals surface area contributed by atoms with Crippen LogP contribution in [0.4, 0.5) is 0 Å². The van der Waals surface area contributed by atoms with E-state index in [0.717, 1.165) is 16.2 Å². The Balaban J connectivity index is 1.67. The van der Waals surface area contributed by atoms with E-state index >= 15 is 0 Å². The van der Waals surface area contributed by atoms with Gasteiger partial charge in [0.15, 0.2) is 0 Å². The van der Waals surface area contributed by atoms with E-state index < -0.39 is 0 Å². The first-order valence-corrected chi connectivity index (χ1v) is 11.4. The number of ether oxygens (including phenoxy) is 2. The van der Waals surface area contributed by atoms with E-state index in [9.17, 15) is 9.59 Å². The molecule has 2 N–H and O–H groups in total. The molecule has 1 aromatic heterocycles. The van der Waals surface area contributed by atoms with Gasteiger partial charge in [-0.15, -0.1) is 11.3 Å². The van der Waals surface area contributed by atoms with E-state index in [-0.39, 0.29) is 23.6 Å². The molecule has 172 valence electrons.